The molecule has 2 saturated carbocycles. The molecule has 18 heavy (non-hydrogen) atoms. The highest BCUT2D eigenvalue weighted by molar-refractivity contribution is 5.90. The van der Waals surface area contributed by atoms with Crippen molar-refractivity contribution in [3.05, 3.63) is 18.3 Å². The maximum absolute atomic E-state index is 12.0. The van der Waals surface area contributed by atoms with Gasteiger partial charge < -0.3 is 11.1 Å². The molecule has 2 fully saturated rings. The summed E-state index contributed by atoms with van der Waals surface area (Å²) in [5.41, 5.74) is 6.24. The molecule has 4 heteroatoms. The minimum absolute atomic E-state index is 0.110. The molecular formula is C14H19N3O. The second kappa shape index (κ2) is 4.59. The van der Waals surface area contributed by atoms with Crippen LogP contribution in [0.25, 0.3) is 0 Å². The minimum Gasteiger partial charge on any atom is -0.384 e. The van der Waals surface area contributed by atoms with Gasteiger partial charge in [-0.15, -0.1) is 0 Å². The van der Waals surface area contributed by atoms with E-state index in [-0.39, 0.29) is 5.91 Å². The number of nitrogen functional groups attached to an aromatic ring is 1. The fourth-order valence-electron chi connectivity index (χ4n) is 3.56. The average molecular weight is 245 g/mol. The van der Waals surface area contributed by atoms with Crippen molar-refractivity contribution in [1.82, 2.24) is 4.98 Å². The number of carbonyl (C=O) groups excluding carboxylic acids is 1. The van der Waals surface area contributed by atoms with Crippen LogP contribution in [0.5, 0.6) is 0 Å². The molecule has 96 valence electrons. The van der Waals surface area contributed by atoms with Crippen molar-refractivity contribution < 1.29 is 4.79 Å². The Kier molecular flexibility index (Phi) is 2.94. The van der Waals surface area contributed by atoms with Gasteiger partial charge in [0.1, 0.15) is 5.82 Å². The van der Waals surface area contributed by atoms with Crippen LogP contribution >= 0.6 is 0 Å². The molecule has 0 saturated heterocycles. The molecule has 3 atom stereocenters. The van der Waals surface area contributed by atoms with Gasteiger partial charge in [0.25, 0.3) is 0 Å². The summed E-state index contributed by atoms with van der Waals surface area (Å²) < 4.78 is 0. The molecule has 1 heterocycles. The number of fused-ring (bicyclic) bond motifs is 2. The highest BCUT2D eigenvalue weighted by atomic mass is 16.1. The Labute approximate surface area is 107 Å². The first-order chi connectivity index (χ1) is 8.70. The van der Waals surface area contributed by atoms with Gasteiger partial charge in [-0.25, -0.2) is 4.98 Å². The number of pyridine rings is 1. The highest BCUT2D eigenvalue weighted by Crippen LogP contribution is 2.49. The van der Waals surface area contributed by atoms with Gasteiger partial charge in [0.2, 0.25) is 5.91 Å². The van der Waals surface area contributed by atoms with Crippen LogP contribution in [0.4, 0.5) is 11.5 Å². The second-order valence-electron chi connectivity index (χ2n) is 5.66. The Morgan fingerprint density at radius 3 is 2.89 bits per heavy atom. The van der Waals surface area contributed by atoms with Crippen molar-refractivity contribution in [2.24, 2.45) is 17.8 Å². The van der Waals surface area contributed by atoms with Crippen molar-refractivity contribution in [3.8, 4) is 0 Å². The van der Waals surface area contributed by atoms with Gasteiger partial charge >= 0.3 is 0 Å². The number of anilines is 2. The average Bonchev–Trinajstić information content (AvgIpc) is 2.94. The van der Waals surface area contributed by atoms with Crippen LogP contribution in [0.15, 0.2) is 18.3 Å². The molecule has 1 aromatic heterocycles. The van der Waals surface area contributed by atoms with Crippen molar-refractivity contribution in [3.63, 3.8) is 0 Å². The quantitative estimate of drug-likeness (QED) is 0.859. The molecule has 2 bridgehead atoms. The van der Waals surface area contributed by atoms with Crippen molar-refractivity contribution in [2.75, 3.05) is 11.1 Å². The molecule has 0 spiro atoms. The summed E-state index contributed by atoms with van der Waals surface area (Å²) in [6.07, 6.45) is 7.57. The molecule has 2 aliphatic rings. The lowest BCUT2D eigenvalue weighted by Crippen LogP contribution is -2.20. The van der Waals surface area contributed by atoms with E-state index in [2.05, 4.69) is 10.3 Å². The van der Waals surface area contributed by atoms with Crippen LogP contribution in [-0.4, -0.2) is 10.9 Å². The lowest BCUT2D eigenvalue weighted by Gasteiger charge is -2.20. The fourth-order valence-corrected chi connectivity index (χ4v) is 3.56. The van der Waals surface area contributed by atoms with Crippen LogP contribution in [0, 0.1) is 17.8 Å². The first kappa shape index (κ1) is 11.5. The Morgan fingerprint density at radius 1 is 1.39 bits per heavy atom. The Bertz CT molecular complexity index is 443. The minimum atomic E-state index is 0.110. The standard InChI is InChI=1S/C14H19N3O/c15-13-4-3-12(8-16-13)17-14(18)7-11-6-9-1-2-10(11)5-9/h3-4,8-11H,1-2,5-7H2,(H2,15,16)(H,17,18). The van der Waals surface area contributed by atoms with Gasteiger partial charge in [-0.05, 0) is 49.1 Å². The van der Waals surface area contributed by atoms with Gasteiger partial charge in [-0.1, -0.05) is 6.42 Å². The van der Waals surface area contributed by atoms with Crippen LogP contribution in [0.3, 0.4) is 0 Å². The van der Waals surface area contributed by atoms with E-state index in [4.69, 9.17) is 5.73 Å². The summed E-state index contributed by atoms with van der Waals surface area (Å²) in [5.74, 6) is 2.88. The summed E-state index contributed by atoms with van der Waals surface area (Å²) in [7, 11) is 0. The normalized spacial score (nSPS) is 29.4. The third-order valence-electron chi connectivity index (χ3n) is 4.40. The number of nitrogens with one attached hydrogen (secondary N) is 1. The van der Waals surface area contributed by atoms with Gasteiger partial charge in [0.05, 0.1) is 11.9 Å². The van der Waals surface area contributed by atoms with Gasteiger partial charge in [-0.2, -0.15) is 0 Å². The van der Waals surface area contributed by atoms with Gasteiger partial charge in [0, 0.05) is 6.42 Å². The predicted octanol–water partition coefficient (Wildman–Crippen LogP) is 2.43. The molecular weight excluding hydrogens is 226 g/mol. The second-order valence-corrected chi connectivity index (χ2v) is 5.66. The third-order valence-corrected chi connectivity index (χ3v) is 4.40. The Balaban J connectivity index is 1.54. The highest BCUT2D eigenvalue weighted by Gasteiger charge is 2.40. The van der Waals surface area contributed by atoms with Gasteiger partial charge in [-0.3, -0.25) is 4.79 Å². The zero-order valence-corrected chi connectivity index (χ0v) is 10.4. The number of rotatable bonds is 3. The molecule has 1 amide bonds. The van der Waals surface area contributed by atoms with E-state index >= 15 is 0 Å². The number of carbonyl (C=O) groups is 1. The van der Waals surface area contributed by atoms with E-state index in [9.17, 15) is 4.79 Å². The molecule has 0 aromatic carbocycles. The number of nitrogens with two attached hydrogens (primary N) is 1. The number of aromatic nitrogens is 1. The Morgan fingerprint density at radius 2 is 2.28 bits per heavy atom. The fraction of sp³-hybridized carbons (Fsp3) is 0.571. The molecule has 3 rings (SSSR count). The zero-order chi connectivity index (χ0) is 12.5. The molecule has 3 N–H and O–H groups in total. The zero-order valence-electron chi connectivity index (χ0n) is 10.4. The maximum atomic E-state index is 12.0. The molecule has 0 aliphatic heterocycles. The summed E-state index contributed by atoms with van der Waals surface area (Å²) in [6.45, 7) is 0. The molecule has 2 aliphatic carbocycles. The van der Waals surface area contributed by atoms with Crippen molar-refractivity contribution in [1.29, 1.82) is 0 Å². The largest absolute Gasteiger partial charge is 0.384 e. The van der Waals surface area contributed by atoms with E-state index in [1.54, 1.807) is 18.3 Å². The predicted molar refractivity (Wildman–Crippen MR) is 70.8 cm³/mol. The first-order valence-electron chi connectivity index (χ1n) is 6.72. The molecule has 4 nitrogen and oxygen atoms in total. The van der Waals surface area contributed by atoms with E-state index < -0.39 is 0 Å². The van der Waals surface area contributed by atoms with Crippen LogP contribution < -0.4 is 11.1 Å². The van der Waals surface area contributed by atoms with E-state index in [0.29, 0.717) is 18.2 Å². The SMILES string of the molecule is Nc1ccc(NC(=O)CC2CC3CCC2C3)cn1. The summed E-state index contributed by atoms with van der Waals surface area (Å²) in [6, 6.07) is 3.49. The Hall–Kier alpha value is -1.58. The monoisotopic (exact) mass is 245 g/mol. The number of nitrogens with zero attached hydrogens (tertiary/aromatic N) is 1. The number of hydrogen-bond donors (Lipinski definition) is 2. The summed E-state index contributed by atoms with van der Waals surface area (Å²) in [4.78, 5) is 15.9. The van der Waals surface area contributed by atoms with Crippen LogP contribution in [-0.2, 0) is 4.79 Å². The first-order valence-corrected chi connectivity index (χ1v) is 6.72. The molecule has 0 radical (unpaired) electrons. The van der Waals surface area contributed by atoms with E-state index in [1.165, 1.54) is 25.7 Å². The van der Waals surface area contributed by atoms with Gasteiger partial charge in [0.15, 0.2) is 0 Å². The van der Waals surface area contributed by atoms with Crippen LogP contribution in [0.2, 0.25) is 0 Å². The molecule has 3 unspecified atom stereocenters. The van der Waals surface area contributed by atoms with E-state index in [0.717, 1.165) is 17.5 Å². The lowest BCUT2D eigenvalue weighted by atomic mass is 9.86. The van der Waals surface area contributed by atoms with E-state index in [1.807, 2.05) is 0 Å². The van der Waals surface area contributed by atoms with Crippen molar-refractivity contribution in [2.45, 2.75) is 32.1 Å². The smallest absolute Gasteiger partial charge is 0.224 e. The summed E-state index contributed by atoms with van der Waals surface area (Å²) in [5, 5.41) is 2.90. The topological polar surface area (TPSA) is 68.0 Å². The molecule has 1 aromatic rings. The number of amides is 1. The maximum Gasteiger partial charge on any atom is 0.224 e. The summed E-state index contributed by atoms with van der Waals surface area (Å²) >= 11 is 0. The third kappa shape index (κ3) is 2.33. The van der Waals surface area contributed by atoms with Crippen molar-refractivity contribution >= 4 is 17.4 Å². The van der Waals surface area contributed by atoms with Crippen LogP contribution in [0.1, 0.15) is 32.1 Å². The lowest BCUT2D eigenvalue weighted by molar-refractivity contribution is -0.117. The number of hydrogen-bond acceptors (Lipinski definition) is 3.